The number of carbonyl (C=O) groups excluding carboxylic acids is 3. The number of unbranched alkanes of at least 4 members (excludes halogenated alkanes) is 2. The van der Waals surface area contributed by atoms with E-state index in [2.05, 4.69) is 11.9 Å². The summed E-state index contributed by atoms with van der Waals surface area (Å²) in [6.07, 6.45) is 2.98. The number of hydrogen-bond donors (Lipinski definition) is 1. The quantitative estimate of drug-likeness (QED) is 0.0917. The van der Waals surface area contributed by atoms with Crippen molar-refractivity contribution in [3.63, 3.8) is 0 Å². The molecule has 226 valence electrons. The number of ether oxygens (including phenoxy) is 4. The summed E-state index contributed by atoms with van der Waals surface area (Å²) in [5.41, 5.74) is 1.11. The molecule has 1 amide bonds. The van der Waals surface area contributed by atoms with Gasteiger partial charge >= 0.3 is 5.91 Å². The number of rotatable bonds is 11. The van der Waals surface area contributed by atoms with Crippen molar-refractivity contribution in [2.24, 2.45) is 0 Å². The van der Waals surface area contributed by atoms with Gasteiger partial charge in [-0.15, -0.1) is 0 Å². The number of anilines is 1. The van der Waals surface area contributed by atoms with Crippen LogP contribution in [0.2, 0.25) is 0 Å². The number of Topliss-reactive ketones (excluding diaryl/α,β-unsaturated/α-hetero) is 2. The molecule has 5 rings (SSSR count). The van der Waals surface area contributed by atoms with Gasteiger partial charge in [0, 0.05) is 12.5 Å². The van der Waals surface area contributed by atoms with Crippen LogP contribution in [-0.4, -0.2) is 54.0 Å². The Morgan fingerprint density at radius 2 is 1.81 bits per heavy atom. The van der Waals surface area contributed by atoms with Crippen LogP contribution in [0.4, 0.5) is 5.13 Å². The third-order valence-corrected chi connectivity index (χ3v) is 8.42. The maximum absolute atomic E-state index is 13.7. The van der Waals surface area contributed by atoms with Gasteiger partial charge in [-0.3, -0.25) is 19.3 Å². The number of aliphatic hydroxyl groups excluding tert-OH is 1. The normalized spacial score (nSPS) is 17.3. The Bertz CT molecular complexity index is 1590. The van der Waals surface area contributed by atoms with Gasteiger partial charge in [0.05, 0.1) is 35.4 Å². The number of fused-ring (bicyclic) bond motifs is 1. The lowest BCUT2D eigenvalue weighted by Crippen LogP contribution is -2.29. The van der Waals surface area contributed by atoms with Crippen LogP contribution >= 0.6 is 11.3 Å². The Kier molecular flexibility index (Phi) is 9.00. The average molecular weight is 607 g/mol. The van der Waals surface area contributed by atoms with Gasteiger partial charge in [-0.1, -0.05) is 37.2 Å². The number of nitrogens with zero attached hydrogens (tertiary/aromatic N) is 2. The van der Waals surface area contributed by atoms with E-state index in [0.29, 0.717) is 65.6 Å². The molecule has 43 heavy (non-hydrogen) atoms. The van der Waals surface area contributed by atoms with Crippen LogP contribution in [0.3, 0.4) is 0 Å². The Morgan fingerprint density at radius 3 is 2.51 bits per heavy atom. The number of aromatic nitrogens is 1. The minimum absolute atomic E-state index is 0.127. The minimum atomic E-state index is -1.06. The highest BCUT2D eigenvalue weighted by molar-refractivity contribution is 7.18. The van der Waals surface area contributed by atoms with Gasteiger partial charge in [0.15, 0.2) is 33.9 Å². The summed E-state index contributed by atoms with van der Waals surface area (Å²) in [6, 6.07) is 8.96. The fourth-order valence-electron chi connectivity index (χ4n) is 5.12. The average Bonchev–Trinajstić information content (AvgIpc) is 3.51. The predicted molar refractivity (Wildman–Crippen MR) is 162 cm³/mol. The largest absolute Gasteiger partial charge is 0.507 e. The van der Waals surface area contributed by atoms with E-state index < -0.39 is 17.7 Å². The number of thiazole rings is 1. The Labute approximate surface area is 253 Å². The second kappa shape index (κ2) is 12.9. The van der Waals surface area contributed by atoms with Gasteiger partial charge in [0.2, 0.25) is 0 Å². The first-order valence-corrected chi connectivity index (χ1v) is 15.2. The topological polar surface area (TPSA) is 124 Å². The molecule has 10 nitrogen and oxygen atoms in total. The highest BCUT2D eigenvalue weighted by atomic mass is 32.1. The van der Waals surface area contributed by atoms with Crippen molar-refractivity contribution in [2.75, 3.05) is 31.3 Å². The van der Waals surface area contributed by atoms with Crippen molar-refractivity contribution in [3.8, 4) is 23.0 Å². The number of ketones is 2. The van der Waals surface area contributed by atoms with Crippen molar-refractivity contribution >= 4 is 39.7 Å². The molecule has 11 heteroatoms. The molecule has 1 fully saturated rings. The first-order chi connectivity index (χ1) is 20.7. The molecular weight excluding hydrogens is 572 g/mol. The lowest BCUT2D eigenvalue weighted by molar-refractivity contribution is -0.132. The predicted octanol–water partition coefficient (Wildman–Crippen LogP) is 6.02. The van der Waals surface area contributed by atoms with E-state index in [1.165, 1.54) is 11.8 Å². The molecule has 3 aromatic rings. The fourth-order valence-corrected chi connectivity index (χ4v) is 6.11. The van der Waals surface area contributed by atoms with Crippen molar-refractivity contribution in [2.45, 2.75) is 53.0 Å². The molecule has 0 aliphatic carbocycles. The molecule has 0 saturated carbocycles. The van der Waals surface area contributed by atoms with Gasteiger partial charge in [-0.2, -0.15) is 0 Å². The molecule has 1 atom stereocenters. The molecule has 2 aromatic carbocycles. The van der Waals surface area contributed by atoms with Gasteiger partial charge < -0.3 is 24.1 Å². The number of aryl methyl sites for hydroxylation is 1. The second-order valence-electron chi connectivity index (χ2n) is 10.2. The Balaban J connectivity index is 1.65. The second-order valence-corrected chi connectivity index (χ2v) is 11.2. The lowest BCUT2D eigenvalue weighted by Gasteiger charge is -2.24. The SMILES string of the molecule is CCCCCOc1ccc(C2/C(=C(/O)c3ccc4c(c3)OCCO4)C(=O)C(=O)N2c2nc(C)c(C(C)=O)s2)cc1OCC. The van der Waals surface area contributed by atoms with Crippen molar-refractivity contribution in [1.82, 2.24) is 4.98 Å². The molecule has 1 saturated heterocycles. The van der Waals surface area contributed by atoms with Gasteiger partial charge in [0.25, 0.3) is 5.78 Å². The molecule has 1 aromatic heterocycles. The highest BCUT2D eigenvalue weighted by Gasteiger charge is 2.48. The summed E-state index contributed by atoms with van der Waals surface area (Å²) in [5.74, 6) is -0.403. The van der Waals surface area contributed by atoms with E-state index in [-0.39, 0.29) is 27.8 Å². The Hall–Kier alpha value is -4.38. The van der Waals surface area contributed by atoms with Crippen LogP contribution in [-0.2, 0) is 9.59 Å². The third-order valence-electron chi connectivity index (χ3n) is 7.16. The lowest BCUT2D eigenvalue weighted by atomic mass is 9.95. The number of hydrogen-bond acceptors (Lipinski definition) is 10. The summed E-state index contributed by atoms with van der Waals surface area (Å²) in [6.45, 7) is 8.69. The summed E-state index contributed by atoms with van der Waals surface area (Å²) < 4.78 is 23.2. The van der Waals surface area contributed by atoms with E-state index in [0.717, 1.165) is 30.6 Å². The van der Waals surface area contributed by atoms with Gasteiger partial charge in [-0.25, -0.2) is 4.98 Å². The minimum Gasteiger partial charge on any atom is -0.507 e. The molecule has 1 N–H and O–H groups in total. The first kappa shape index (κ1) is 30.1. The van der Waals surface area contributed by atoms with E-state index in [9.17, 15) is 19.5 Å². The first-order valence-electron chi connectivity index (χ1n) is 14.3. The van der Waals surface area contributed by atoms with Gasteiger partial charge in [-0.05, 0) is 56.2 Å². The zero-order valence-electron chi connectivity index (χ0n) is 24.6. The number of aliphatic hydroxyl groups is 1. The maximum atomic E-state index is 13.7. The molecule has 3 heterocycles. The third kappa shape index (κ3) is 5.94. The molecule has 0 bridgehead atoms. The molecule has 1 unspecified atom stereocenters. The highest BCUT2D eigenvalue weighted by Crippen LogP contribution is 2.46. The van der Waals surface area contributed by atoms with Crippen LogP contribution in [0.1, 0.15) is 72.6 Å². The van der Waals surface area contributed by atoms with Crippen LogP contribution in [0.25, 0.3) is 5.76 Å². The molecule has 0 radical (unpaired) electrons. The number of amides is 1. The fraction of sp³-hybridized carbons (Fsp3) is 0.375. The molecule has 2 aliphatic heterocycles. The molecule has 0 spiro atoms. The zero-order valence-corrected chi connectivity index (χ0v) is 25.4. The van der Waals surface area contributed by atoms with E-state index >= 15 is 0 Å². The smallest absolute Gasteiger partial charge is 0.301 e. The zero-order chi connectivity index (χ0) is 30.7. The number of carbonyl (C=O) groups is 3. The van der Waals surface area contributed by atoms with Crippen LogP contribution in [0.5, 0.6) is 23.0 Å². The number of benzene rings is 2. The Morgan fingerprint density at radius 1 is 1.05 bits per heavy atom. The van der Waals surface area contributed by atoms with Crippen molar-refractivity contribution in [1.29, 1.82) is 0 Å². The molecule has 2 aliphatic rings. The standard InChI is InChI=1S/C32H34N2O8S/c1-5-7-8-13-40-22-11-9-20(16-24(22)39-6-2)27-26(28(36)21-10-12-23-25(17-21)42-15-14-41-23)29(37)31(38)34(27)32-33-18(3)30(43-32)19(4)35/h9-12,16-17,27,36H,5-8,13-15H2,1-4H3/b28-26-. The van der Waals surface area contributed by atoms with Gasteiger partial charge in [0.1, 0.15) is 19.0 Å². The van der Waals surface area contributed by atoms with Crippen LogP contribution in [0.15, 0.2) is 42.0 Å². The maximum Gasteiger partial charge on any atom is 0.301 e. The van der Waals surface area contributed by atoms with Crippen molar-refractivity contribution in [3.05, 3.63) is 63.7 Å². The monoisotopic (exact) mass is 606 g/mol. The summed E-state index contributed by atoms with van der Waals surface area (Å²) in [5, 5.41) is 11.8. The summed E-state index contributed by atoms with van der Waals surface area (Å²) in [7, 11) is 0. The summed E-state index contributed by atoms with van der Waals surface area (Å²) >= 11 is 1.03. The van der Waals surface area contributed by atoms with E-state index in [1.807, 2.05) is 6.92 Å². The van der Waals surface area contributed by atoms with Crippen molar-refractivity contribution < 1.29 is 38.4 Å². The van der Waals surface area contributed by atoms with Crippen LogP contribution in [0, 0.1) is 6.92 Å². The van der Waals surface area contributed by atoms with Crippen LogP contribution < -0.4 is 23.8 Å². The van der Waals surface area contributed by atoms with E-state index in [1.54, 1.807) is 43.3 Å². The molecular formula is C32H34N2O8S. The summed E-state index contributed by atoms with van der Waals surface area (Å²) in [4.78, 5) is 45.7. The van der Waals surface area contributed by atoms with E-state index in [4.69, 9.17) is 18.9 Å².